The number of benzene rings is 1. The minimum Gasteiger partial charge on any atom is -0.255 e. The highest BCUT2D eigenvalue weighted by atomic mass is 79.9. The number of aryl methyl sites for hydroxylation is 1. The number of halogens is 1. The second kappa shape index (κ2) is 7.18. The monoisotopic (exact) mass is 401 g/mol. The number of pyridine rings is 3. The first-order chi connectivity index (χ1) is 12.7. The lowest BCUT2D eigenvalue weighted by Gasteiger charge is -2.11. The largest absolute Gasteiger partial charge is 0.255 e. The summed E-state index contributed by atoms with van der Waals surface area (Å²) in [6, 6.07) is 22.2. The van der Waals surface area contributed by atoms with Gasteiger partial charge in [0.15, 0.2) is 0 Å². The van der Waals surface area contributed by atoms with Crippen LogP contribution in [-0.4, -0.2) is 15.0 Å². The van der Waals surface area contributed by atoms with Crippen LogP contribution in [0.3, 0.4) is 0 Å². The van der Waals surface area contributed by atoms with Crippen molar-refractivity contribution < 1.29 is 0 Å². The zero-order valence-corrected chi connectivity index (χ0v) is 15.8. The average Bonchev–Trinajstić information content (AvgIpc) is 2.71. The minimum absolute atomic E-state index is 0.836. The lowest BCUT2D eigenvalue weighted by molar-refractivity contribution is 1.22. The van der Waals surface area contributed by atoms with Crippen molar-refractivity contribution in [3.05, 3.63) is 89.2 Å². The second-order valence-corrected chi connectivity index (χ2v) is 6.93. The van der Waals surface area contributed by atoms with E-state index in [1.165, 1.54) is 5.56 Å². The first-order valence-electron chi connectivity index (χ1n) is 8.32. The molecule has 0 saturated carbocycles. The molecule has 4 aromatic rings. The van der Waals surface area contributed by atoms with E-state index in [-0.39, 0.29) is 0 Å². The highest BCUT2D eigenvalue weighted by Gasteiger charge is 2.11. The molecule has 0 aliphatic carbocycles. The smallest absolute Gasteiger partial charge is 0.0900 e. The molecule has 0 unspecified atom stereocenters. The van der Waals surface area contributed by atoms with Gasteiger partial charge in [-0.15, -0.1) is 0 Å². The van der Waals surface area contributed by atoms with Crippen molar-refractivity contribution in [2.45, 2.75) is 6.92 Å². The summed E-state index contributed by atoms with van der Waals surface area (Å²) in [7, 11) is 0. The predicted octanol–water partition coefficient (Wildman–Crippen LogP) is 5.94. The van der Waals surface area contributed by atoms with Crippen LogP contribution in [0.15, 0.2) is 83.6 Å². The van der Waals surface area contributed by atoms with Crippen LogP contribution >= 0.6 is 15.9 Å². The maximum Gasteiger partial charge on any atom is 0.0900 e. The van der Waals surface area contributed by atoms with Gasteiger partial charge < -0.3 is 0 Å². The van der Waals surface area contributed by atoms with E-state index in [1.54, 1.807) is 12.4 Å². The Morgan fingerprint density at radius 2 is 1.31 bits per heavy atom. The highest BCUT2D eigenvalue weighted by molar-refractivity contribution is 9.10. The van der Waals surface area contributed by atoms with Gasteiger partial charge in [-0.25, -0.2) is 4.98 Å². The molecular weight excluding hydrogens is 386 g/mol. The maximum atomic E-state index is 4.81. The van der Waals surface area contributed by atoms with Crippen molar-refractivity contribution in [1.82, 2.24) is 15.0 Å². The van der Waals surface area contributed by atoms with E-state index in [0.717, 1.165) is 38.4 Å². The van der Waals surface area contributed by atoms with E-state index in [4.69, 9.17) is 4.98 Å². The molecule has 1 aromatic carbocycles. The molecule has 4 heteroatoms. The Bertz CT molecular complexity index is 990. The zero-order valence-electron chi connectivity index (χ0n) is 14.2. The number of hydrogen-bond donors (Lipinski definition) is 0. The summed E-state index contributed by atoms with van der Waals surface area (Å²) in [5.41, 5.74) is 6.83. The Morgan fingerprint density at radius 1 is 0.692 bits per heavy atom. The molecule has 0 N–H and O–H groups in total. The molecule has 0 atom stereocenters. The molecule has 0 bridgehead atoms. The Kier molecular flexibility index (Phi) is 4.59. The first kappa shape index (κ1) is 16.6. The summed E-state index contributed by atoms with van der Waals surface area (Å²) in [6.07, 6.45) is 3.57. The zero-order chi connectivity index (χ0) is 17.9. The third kappa shape index (κ3) is 3.41. The molecule has 0 aliphatic rings. The normalized spacial score (nSPS) is 10.7. The van der Waals surface area contributed by atoms with E-state index in [0.29, 0.717) is 0 Å². The van der Waals surface area contributed by atoms with Gasteiger partial charge in [0, 0.05) is 16.9 Å². The first-order valence-corrected chi connectivity index (χ1v) is 9.11. The topological polar surface area (TPSA) is 38.7 Å². The van der Waals surface area contributed by atoms with E-state index >= 15 is 0 Å². The van der Waals surface area contributed by atoms with Gasteiger partial charge in [0.05, 0.1) is 22.8 Å². The summed E-state index contributed by atoms with van der Waals surface area (Å²) < 4.78 is 1.05. The molecule has 0 saturated heterocycles. The molecule has 0 fully saturated rings. The van der Waals surface area contributed by atoms with Gasteiger partial charge in [0.2, 0.25) is 0 Å². The van der Waals surface area contributed by atoms with E-state index < -0.39 is 0 Å². The highest BCUT2D eigenvalue weighted by Crippen LogP contribution is 2.32. The predicted molar refractivity (Wildman–Crippen MR) is 109 cm³/mol. The molecule has 0 aliphatic heterocycles. The Hall–Kier alpha value is -2.85. The number of hydrogen-bond acceptors (Lipinski definition) is 3. The summed E-state index contributed by atoms with van der Waals surface area (Å²) in [5, 5.41) is 0. The molecule has 3 heterocycles. The maximum absolute atomic E-state index is 4.81. The minimum atomic E-state index is 0.836. The summed E-state index contributed by atoms with van der Waals surface area (Å²) in [6.45, 7) is 2.11. The number of nitrogens with zero attached hydrogens (tertiary/aromatic N) is 3. The van der Waals surface area contributed by atoms with Crippen LogP contribution in [0, 0.1) is 6.92 Å². The fourth-order valence-electron chi connectivity index (χ4n) is 2.88. The van der Waals surface area contributed by atoms with Crippen LogP contribution < -0.4 is 0 Å². The molecule has 126 valence electrons. The van der Waals surface area contributed by atoms with Gasteiger partial charge in [0.1, 0.15) is 0 Å². The fraction of sp³-hybridized carbons (Fsp3) is 0.0455. The lowest BCUT2D eigenvalue weighted by atomic mass is 9.99. The molecule has 0 amide bonds. The van der Waals surface area contributed by atoms with E-state index in [1.807, 2.05) is 36.4 Å². The van der Waals surface area contributed by atoms with Gasteiger partial charge in [0.25, 0.3) is 0 Å². The molecule has 26 heavy (non-hydrogen) atoms. The second-order valence-electron chi connectivity index (χ2n) is 6.02. The van der Waals surface area contributed by atoms with Crippen molar-refractivity contribution in [2.24, 2.45) is 0 Å². The molecule has 0 radical (unpaired) electrons. The SMILES string of the molecule is Cc1ccc(Br)cc1-c1cc(-c2ccccn2)nc(-c2ccccn2)c1. The van der Waals surface area contributed by atoms with Crippen molar-refractivity contribution in [3.63, 3.8) is 0 Å². The molecule has 0 spiro atoms. The van der Waals surface area contributed by atoms with E-state index in [9.17, 15) is 0 Å². The van der Waals surface area contributed by atoms with Crippen molar-refractivity contribution in [1.29, 1.82) is 0 Å². The molecule has 4 rings (SSSR count). The van der Waals surface area contributed by atoms with Crippen molar-refractivity contribution >= 4 is 15.9 Å². The van der Waals surface area contributed by atoms with Crippen LogP contribution in [0.25, 0.3) is 33.9 Å². The van der Waals surface area contributed by atoms with Gasteiger partial charge in [-0.1, -0.05) is 34.1 Å². The van der Waals surface area contributed by atoms with Crippen LogP contribution in [0.5, 0.6) is 0 Å². The third-order valence-corrected chi connectivity index (χ3v) is 4.68. The van der Waals surface area contributed by atoms with Gasteiger partial charge in [-0.05, 0) is 72.1 Å². The molecule has 3 aromatic heterocycles. The van der Waals surface area contributed by atoms with Crippen molar-refractivity contribution in [3.8, 4) is 33.9 Å². The Balaban J connectivity index is 1.95. The van der Waals surface area contributed by atoms with Crippen LogP contribution in [-0.2, 0) is 0 Å². The summed E-state index contributed by atoms with van der Waals surface area (Å²) in [4.78, 5) is 13.7. The Labute approximate surface area is 160 Å². The quantitative estimate of drug-likeness (QED) is 0.426. The Morgan fingerprint density at radius 3 is 1.85 bits per heavy atom. The standard InChI is InChI=1S/C22H16BrN3/c1-15-8-9-17(23)14-18(15)16-12-21(19-6-2-4-10-24-19)26-22(13-16)20-7-3-5-11-25-20/h2-14H,1H3. The fourth-order valence-corrected chi connectivity index (χ4v) is 3.24. The van der Waals surface area contributed by atoms with Gasteiger partial charge in [-0.3, -0.25) is 9.97 Å². The lowest BCUT2D eigenvalue weighted by Crippen LogP contribution is -1.94. The average molecular weight is 402 g/mol. The van der Waals surface area contributed by atoms with Crippen LogP contribution in [0.2, 0.25) is 0 Å². The number of aromatic nitrogens is 3. The number of rotatable bonds is 3. The van der Waals surface area contributed by atoms with Crippen LogP contribution in [0.1, 0.15) is 5.56 Å². The summed E-state index contributed by atoms with van der Waals surface area (Å²) in [5.74, 6) is 0. The van der Waals surface area contributed by atoms with E-state index in [2.05, 4.69) is 63.2 Å². The third-order valence-electron chi connectivity index (χ3n) is 4.19. The molecular formula is C22H16BrN3. The van der Waals surface area contributed by atoms with Gasteiger partial charge in [-0.2, -0.15) is 0 Å². The van der Waals surface area contributed by atoms with Crippen molar-refractivity contribution in [2.75, 3.05) is 0 Å². The summed E-state index contributed by atoms with van der Waals surface area (Å²) >= 11 is 3.58. The van der Waals surface area contributed by atoms with Crippen LogP contribution in [0.4, 0.5) is 0 Å². The molecule has 3 nitrogen and oxygen atoms in total. The van der Waals surface area contributed by atoms with Gasteiger partial charge >= 0.3 is 0 Å².